The molecule has 3 aromatic heterocycles. The van der Waals surface area contributed by atoms with E-state index in [-0.39, 0.29) is 23.8 Å². The van der Waals surface area contributed by atoms with Gasteiger partial charge in [-0.1, -0.05) is 18.2 Å². The molecule has 0 spiro atoms. The fourth-order valence-electron chi connectivity index (χ4n) is 3.50. The molecule has 0 saturated heterocycles. The van der Waals surface area contributed by atoms with Gasteiger partial charge >= 0.3 is 0 Å². The third kappa shape index (κ3) is 5.81. The van der Waals surface area contributed by atoms with Crippen LogP contribution in [0.25, 0.3) is 5.69 Å². The molecule has 4 rings (SSSR count). The van der Waals surface area contributed by atoms with Gasteiger partial charge in [0.15, 0.2) is 0 Å². The Morgan fingerprint density at radius 2 is 1.74 bits per heavy atom. The Bertz CT molecular complexity index is 1340. The van der Waals surface area contributed by atoms with E-state index in [0.29, 0.717) is 18.5 Å². The number of hydrogen-bond donors (Lipinski definition) is 0. The Morgan fingerprint density at radius 3 is 2.41 bits per heavy atom. The highest BCUT2D eigenvalue weighted by molar-refractivity contribution is 7.89. The van der Waals surface area contributed by atoms with Gasteiger partial charge in [0.05, 0.1) is 17.9 Å². The zero-order chi connectivity index (χ0) is 24.0. The van der Waals surface area contributed by atoms with Crippen LogP contribution in [0.1, 0.15) is 30.3 Å². The van der Waals surface area contributed by atoms with Gasteiger partial charge in [0, 0.05) is 43.4 Å². The Hall–Kier alpha value is -3.69. The highest BCUT2D eigenvalue weighted by atomic mass is 32.2. The highest BCUT2D eigenvalue weighted by Crippen LogP contribution is 2.21. The maximum Gasteiger partial charge on any atom is 0.245 e. The van der Waals surface area contributed by atoms with E-state index in [2.05, 4.69) is 15.1 Å². The molecule has 0 radical (unpaired) electrons. The first-order valence-corrected chi connectivity index (χ1v) is 12.3. The van der Waals surface area contributed by atoms with Crippen molar-refractivity contribution in [2.45, 2.75) is 37.8 Å². The van der Waals surface area contributed by atoms with Gasteiger partial charge in [-0.3, -0.25) is 9.97 Å². The van der Waals surface area contributed by atoms with Gasteiger partial charge in [0.25, 0.3) is 0 Å². The molecule has 0 amide bonds. The summed E-state index contributed by atoms with van der Waals surface area (Å²) in [5, 5.41) is 4.22. The molecule has 0 unspecified atom stereocenters. The molecule has 34 heavy (non-hydrogen) atoms. The maximum absolute atomic E-state index is 13.5. The summed E-state index contributed by atoms with van der Waals surface area (Å²) in [6.45, 7) is 1.80. The standard InChI is InChI=1S/C25H25N5O3S/c1-20(31)8-11-22-5-2-6-23(28-22)19-29(34(32,33)25-7-3-14-26-17-25)18-21-9-12-24(13-10-21)30-16-4-15-27-30/h2-7,9-10,12-17H,8,11,18-19H2,1H3. The maximum atomic E-state index is 13.5. The van der Waals surface area contributed by atoms with Crippen molar-refractivity contribution in [2.24, 2.45) is 0 Å². The smallest absolute Gasteiger partial charge is 0.245 e. The van der Waals surface area contributed by atoms with Crippen LogP contribution in [0.5, 0.6) is 0 Å². The summed E-state index contributed by atoms with van der Waals surface area (Å²) in [7, 11) is -3.83. The topological polar surface area (TPSA) is 98.1 Å². The van der Waals surface area contributed by atoms with Crippen molar-refractivity contribution in [1.29, 1.82) is 0 Å². The third-order valence-corrected chi connectivity index (χ3v) is 7.05. The van der Waals surface area contributed by atoms with E-state index in [4.69, 9.17) is 0 Å². The van der Waals surface area contributed by atoms with Crippen LogP contribution in [0.4, 0.5) is 0 Å². The molecule has 4 aromatic rings. The van der Waals surface area contributed by atoms with Crippen LogP contribution in [0.2, 0.25) is 0 Å². The lowest BCUT2D eigenvalue weighted by atomic mass is 10.1. The SMILES string of the molecule is CC(=O)CCc1cccc(CN(Cc2ccc(-n3cccn3)cc2)S(=O)(=O)c2cccnc2)n1. The molecule has 174 valence electrons. The predicted octanol–water partition coefficient (Wildman–Crippen LogP) is 3.58. The minimum Gasteiger partial charge on any atom is -0.300 e. The summed E-state index contributed by atoms with van der Waals surface area (Å²) < 4.78 is 30.1. The molecular formula is C25H25N5O3S. The lowest BCUT2D eigenvalue weighted by Crippen LogP contribution is -2.30. The molecular weight excluding hydrogens is 450 g/mol. The molecule has 8 nitrogen and oxygen atoms in total. The molecule has 0 fully saturated rings. The van der Waals surface area contributed by atoms with E-state index in [1.165, 1.54) is 22.8 Å². The summed E-state index contributed by atoms with van der Waals surface area (Å²) >= 11 is 0. The average Bonchev–Trinajstić information content (AvgIpc) is 3.39. The first kappa shape index (κ1) is 23.5. The number of rotatable bonds is 10. The summed E-state index contributed by atoms with van der Waals surface area (Å²) in [4.78, 5) is 20.0. The van der Waals surface area contributed by atoms with Crippen LogP contribution in [0.15, 0.2) is 90.3 Å². The number of carbonyl (C=O) groups excluding carboxylic acids is 1. The monoisotopic (exact) mass is 475 g/mol. The molecule has 0 saturated carbocycles. The minimum atomic E-state index is -3.83. The number of hydrogen-bond acceptors (Lipinski definition) is 6. The van der Waals surface area contributed by atoms with Gasteiger partial charge in [-0.05, 0) is 61.4 Å². The second kappa shape index (κ2) is 10.5. The zero-order valence-corrected chi connectivity index (χ0v) is 19.6. The van der Waals surface area contributed by atoms with Crippen LogP contribution in [0.3, 0.4) is 0 Å². The summed E-state index contributed by atoms with van der Waals surface area (Å²) in [5.74, 6) is 0.0894. The predicted molar refractivity (Wildman–Crippen MR) is 127 cm³/mol. The number of pyridine rings is 2. The summed E-state index contributed by atoms with van der Waals surface area (Å²) in [6.07, 6.45) is 7.36. The third-order valence-electron chi connectivity index (χ3n) is 5.27. The summed E-state index contributed by atoms with van der Waals surface area (Å²) in [6, 6.07) is 18.0. The number of benzene rings is 1. The lowest BCUT2D eigenvalue weighted by Gasteiger charge is -2.22. The second-order valence-electron chi connectivity index (χ2n) is 7.90. The van der Waals surface area contributed by atoms with Crippen molar-refractivity contribution in [3.05, 3.63) is 102 Å². The van der Waals surface area contributed by atoms with Gasteiger partial charge in [-0.2, -0.15) is 9.40 Å². The van der Waals surface area contributed by atoms with Gasteiger partial charge in [0.1, 0.15) is 10.7 Å². The van der Waals surface area contributed by atoms with E-state index in [9.17, 15) is 13.2 Å². The Balaban J connectivity index is 1.61. The van der Waals surface area contributed by atoms with Crippen molar-refractivity contribution < 1.29 is 13.2 Å². The number of carbonyl (C=O) groups is 1. The van der Waals surface area contributed by atoms with Crippen molar-refractivity contribution in [3.8, 4) is 5.69 Å². The molecule has 0 atom stereocenters. The van der Waals surface area contributed by atoms with Gasteiger partial charge < -0.3 is 4.79 Å². The molecule has 3 heterocycles. The van der Waals surface area contributed by atoms with Crippen molar-refractivity contribution >= 4 is 15.8 Å². The first-order valence-electron chi connectivity index (χ1n) is 10.9. The quantitative estimate of drug-likeness (QED) is 0.348. The van der Waals surface area contributed by atoms with Gasteiger partial charge in [-0.25, -0.2) is 13.1 Å². The van der Waals surface area contributed by atoms with Crippen molar-refractivity contribution in [2.75, 3.05) is 0 Å². The average molecular weight is 476 g/mol. The largest absolute Gasteiger partial charge is 0.300 e. The zero-order valence-electron chi connectivity index (χ0n) is 18.8. The van der Waals surface area contributed by atoms with Crippen LogP contribution in [-0.2, 0) is 34.3 Å². The lowest BCUT2D eigenvalue weighted by molar-refractivity contribution is -0.117. The van der Waals surface area contributed by atoms with E-state index >= 15 is 0 Å². The first-order chi connectivity index (χ1) is 16.4. The highest BCUT2D eigenvalue weighted by Gasteiger charge is 2.26. The summed E-state index contributed by atoms with van der Waals surface area (Å²) in [5.41, 5.74) is 3.09. The van der Waals surface area contributed by atoms with E-state index in [1.807, 2.05) is 48.7 Å². The Morgan fingerprint density at radius 1 is 0.941 bits per heavy atom. The van der Waals surface area contributed by atoms with Crippen molar-refractivity contribution in [1.82, 2.24) is 24.1 Å². The van der Waals surface area contributed by atoms with Crippen LogP contribution in [-0.4, -0.2) is 38.3 Å². The number of nitrogens with zero attached hydrogens (tertiary/aromatic N) is 5. The fraction of sp³-hybridized carbons (Fsp3) is 0.200. The molecule has 9 heteroatoms. The molecule has 0 aliphatic heterocycles. The van der Waals surface area contributed by atoms with Crippen molar-refractivity contribution in [3.63, 3.8) is 0 Å². The van der Waals surface area contributed by atoms with Gasteiger partial charge in [-0.15, -0.1) is 0 Å². The molecule has 0 N–H and O–H groups in total. The minimum absolute atomic E-state index is 0.0893. The molecule has 0 bridgehead atoms. The van der Waals surface area contributed by atoms with E-state index < -0.39 is 10.0 Å². The van der Waals surface area contributed by atoms with Crippen LogP contribution in [0, 0.1) is 0 Å². The molecule has 1 aromatic carbocycles. The van der Waals surface area contributed by atoms with Gasteiger partial charge in [0.2, 0.25) is 10.0 Å². The van der Waals surface area contributed by atoms with Crippen LogP contribution >= 0.6 is 0 Å². The number of Topliss-reactive ketones (excluding diaryl/α,β-unsaturated/α-hetero) is 1. The normalized spacial score (nSPS) is 11.6. The van der Waals surface area contributed by atoms with Crippen LogP contribution < -0.4 is 0 Å². The van der Waals surface area contributed by atoms with E-state index in [1.54, 1.807) is 29.9 Å². The number of aryl methyl sites for hydroxylation is 1. The second-order valence-corrected chi connectivity index (χ2v) is 9.84. The fourth-order valence-corrected chi connectivity index (χ4v) is 4.86. The van der Waals surface area contributed by atoms with E-state index in [0.717, 1.165) is 16.9 Å². The number of ketones is 1. The Labute approximate surface area is 199 Å². The molecule has 0 aliphatic carbocycles. The Kier molecular flexibility index (Phi) is 7.24. The molecule has 0 aliphatic rings. The number of aromatic nitrogens is 4. The number of sulfonamides is 1.